The van der Waals surface area contributed by atoms with Gasteiger partial charge < -0.3 is 5.73 Å². The minimum absolute atomic E-state index is 0.0809. The van der Waals surface area contributed by atoms with Crippen LogP contribution in [0.5, 0.6) is 0 Å². The van der Waals surface area contributed by atoms with E-state index >= 15 is 0 Å². The second kappa shape index (κ2) is 4.27. The highest BCUT2D eigenvalue weighted by atomic mass is 32.1. The molecule has 0 aliphatic heterocycles. The number of aryl methyl sites for hydroxylation is 2. The van der Waals surface area contributed by atoms with Crippen molar-refractivity contribution in [2.75, 3.05) is 0 Å². The van der Waals surface area contributed by atoms with Crippen LogP contribution in [-0.4, -0.2) is 9.78 Å². The first-order chi connectivity index (χ1) is 8.25. The van der Waals surface area contributed by atoms with Gasteiger partial charge in [0.1, 0.15) is 0 Å². The van der Waals surface area contributed by atoms with E-state index in [1.165, 1.54) is 29.7 Å². The molecule has 0 saturated carbocycles. The summed E-state index contributed by atoms with van der Waals surface area (Å²) in [7, 11) is 1.94. The summed E-state index contributed by atoms with van der Waals surface area (Å²) in [5.41, 5.74) is 9.03. The molecule has 0 aromatic carbocycles. The van der Waals surface area contributed by atoms with Gasteiger partial charge in [-0.3, -0.25) is 4.68 Å². The maximum atomic E-state index is 6.41. The summed E-state index contributed by atoms with van der Waals surface area (Å²) in [6.07, 6.45) is 7.60. The standard InChI is InChI=1S/C13H17N3S/c1-16-8-9(7-15-16)13(14)11-3-2-4-12-10(11)5-6-17-12/h5-8,11,13H,2-4,14H2,1H3. The van der Waals surface area contributed by atoms with Gasteiger partial charge in [0.05, 0.1) is 6.20 Å². The fourth-order valence-electron chi connectivity index (χ4n) is 2.74. The summed E-state index contributed by atoms with van der Waals surface area (Å²) in [6.45, 7) is 0. The Bertz CT molecular complexity index is 514. The van der Waals surface area contributed by atoms with Crippen molar-refractivity contribution in [3.8, 4) is 0 Å². The highest BCUT2D eigenvalue weighted by Crippen LogP contribution is 2.41. The van der Waals surface area contributed by atoms with Crippen LogP contribution < -0.4 is 5.73 Å². The summed E-state index contributed by atoms with van der Waals surface area (Å²) >= 11 is 1.87. The number of aromatic nitrogens is 2. The predicted octanol–water partition coefficient (Wildman–Crippen LogP) is 2.60. The van der Waals surface area contributed by atoms with Gasteiger partial charge in [-0.05, 0) is 36.3 Å². The third-order valence-electron chi connectivity index (χ3n) is 3.64. The first kappa shape index (κ1) is 11.0. The molecule has 3 rings (SSSR count). The molecule has 3 nitrogen and oxygen atoms in total. The van der Waals surface area contributed by atoms with Gasteiger partial charge >= 0.3 is 0 Å². The Morgan fingerprint density at radius 3 is 3.24 bits per heavy atom. The van der Waals surface area contributed by atoms with Crippen molar-refractivity contribution in [1.82, 2.24) is 9.78 Å². The van der Waals surface area contributed by atoms with Gasteiger partial charge in [0.15, 0.2) is 0 Å². The fraction of sp³-hybridized carbons (Fsp3) is 0.462. The van der Waals surface area contributed by atoms with Gasteiger partial charge in [0.2, 0.25) is 0 Å². The molecule has 2 aromatic heterocycles. The second-order valence-electron chi connectivity index (χ2n) is 4.77. The first-order valence-corrected chi connectivity index (χ1v) is 6.94. The number of nitrogens with two attached hydrogens (primary N) is 1. The molecule has 90 valence electrons. The Labute approximate surface area is 105 Å². The topological polar surface area (TPSA) is 43.8 Å². The van der Waals surface area contributed by atoms with Crippen molar-refractivity contribution in [1.29, 1.82) is 0 Å². The predicted molar refractivity (Wildman–Crippen MR) is 70.1 cm³/mol. The van der Waals surface area contributed by atoms with E-state index in [9.17, 15) is 0 Å². The molecule has 2 unspecified atom stereocenters. The lowest BCUT2D eigenvalue weighted by atomic mass is 9.81. The zero-order chi connectivity index (χ0) is 11.8. The van der Waals surface area contributed by atoms with Crippen LogP contribution in [0.25, 0.3) is 0 Å². The largest absolute Gasteiger partial charge is 0.323 e. The zero-order valence-electron chi connectivity index (χ0n) is 9.97. The van der Waals surface area contributed by atoms with Crippen molar-refractivity contribution < 1.29 is 0 Å². The normalized spacial score (nSPS) is 21.2. The van der Waals surface area contributed by atoms with E-state index < -0.39 is 0 Å². The Hall–Kier alpha value is -1.13. The van der Waals surface area contributed by atoms with E-state index in [2.05, 4.69) is 16.5 Å². The molecule has 1 aliphatic carbocycles. The van der Waals surface area contributed by atoms with E-state index in [1.54, 1.807) is 0 Å². The van der Waals surface area contributed by atoms with Crippen molar-refractivity contribution >= 4 is 11.3 Å². The van der Waals surface area contributed by atoms with Gasteiger partial charge in [-0.25, -0.2) is 0 Å². The highest BCUT2D eigenvalue weighted by Gasteiger charge is 2.27. The molecular formula is C13H17N3S. The smallest absolute Gasteiger partial charge is 0.0537 e. The minimum atomic E-state index is 0.0809. The molecule has 0 spiro atoms. The summed E-state index contributed by atoms with van der Waals surface area (Å²) in [4.78, 5) is 1.53. The van der Waals surface area contributed by atoms with Gasteiger partial charge in [0, 0.05) is 35.6 Å². The molecule has 2 N–H and O–H groups in total. The molecule has 0 fully saturated rings. The van der Waals surface area contributed by atoms with Gasteiger partial charge in [-0.1, -0.05) is 0 Å². The number of nitrogens with zero attached hydrogens (tertiary/aromatic N) is 2. The molecule has 1 aliphatic rings. The molecule has 2 heterocycles. The highest BCUT2D eigenvalue weighted by molar-refractivity contribution is 7.10. The molecule has 0 amide bonds. The van der Waals surface area contributed by atoms with Gasteiger partial charge in [-0.15, -0.1) is 11.3 Å². The average Bonchev–Trinajstić information content (AvgIpc) is 2.95. The zero-order valence-corrected chi connectivity index (χ0v) is 10.8. The monoisotopic (exact) mass is 247 g/mol. The van der Waals surface area contributed by atoms with Crippen LogP contribution in [0.2, 0.25) is 0 Å². The molecule has 2 aromatic rings. The lowest BCUT2D eigenvalue weighted by Crippen LogP contribution is -2.22. The van der Waals surface area contributed by atoms with Crippen LogP contribution in [0.1, 0.15) is 40.8 Å². The first-order valence-electron chi connectivity index (χ1n) is 6.06. The molecular weight excluding hydrogens is 230 g/mol. The van der Waals surface area contributed by atoms with Crippen LogP contribution in [0.3, 0.4) is 0 Å². The fourth-order valence-corrected chi connectivity index (χ4v) is 3.74. The van der Waals surface area contributed by atoms with Gasteiger partial charge in [-0.2, -0.15) is 5.10 Å². The van der Waals surface area contributed by atoms with Crippen molar-refractivity contribution in [3.05, 3.63) is 39.8 Å². The van der Waals surface area contributed by atoms with Gasteiger partial charge in [0.25, 0.3) is 0 Å². The third kappa shape index (κ3) is 1.91. The number of fused-ring (bicyclic) bond motifs is 1. The van der Waals surface area contributed by atoms with Crippen molar-refractivity contribution in [3.63, 3.8) is 0 Å². The molecule has 4 heteroatoms. The minimum Gasteiger partial charge on any atom is -0.323 e. The van der Waals surface area contributed by atoms with Crippen LogP contribution in [0.15, 0.2) is 23.8 Å². The SMILES string of the molecule is Cn1cc(C(N)C2CCCc3sccc32)cn1. The molecule has 0 radical (unpaired) electrons. The molecule has 0 bridgehead atoms. The summed E-state index contributed by atoms with van der Waals surface area (Å²) in [6, 6.07) is 2.33. The van der Waals surface area contributed by atoms with E-state index in [0.717, 1.165) is 5.56 Å². The maximum Gasteiger partial charge on any atom is 0.0537 e. The van der Waals surface area contributed by atoms with Crippen LogP contribution in [0, 0.1) is 0 Å². The number of rotatable bonds is 2. The number of hydrogen-bond acceptors (Lipinski definition) is 3. The summed E-state index contributed by atoms with van der Waals surface area (Å²) in [5.74, 6) is 0.467. The van der Waals surface area contributed by atoms with Crippen molar-refractivity contribution in [2.24, 2.45) is 12.8 Å². The number of hydrogen-bond donors (Lipinski definition) is 1. The summed E-state index contributed by atoms with van der Waals surface area (Å²) in [5, 5.41) is 6.41. The Kier molecular flexibility index (Phi) is 2.76. The lowest BCUT2D eigenvalue weighted by molar-refractivity contribution is 0.479. The molecule has 0 saturated heterocycles. The Balaban J connectivity index is 1.91. The van der Waals surface area contributed by atoms with E-state index in [-0.39, 0.29) is 6.04 Å². The second-order valence-corrected chi connectivity index (χ2v) is 5.77. The maximum absolute atomic E-state index is 6.41. The van der Waals surface area contributed by atoms with E-state index in [1.807, 2.05) is 35.5 Å². The average molecular weight is 247 g/mol. The van der Waals surface area contributed by atoms with Crippen LogP contribution in [0.4, 0.5) is 0 Å². The molecule has 17 heavy (non-hydrogen) atoms. The summed E-state index contributed by atoms with van der Waals surface area (Å²) < 4.78 is 1.83. The van der Waals surface area contributed by atoms with E-state index in [4.69, 9.17) is 5.73 Å². The third-order valence-corrected chi connectivity index (χ3v) is 4.64. The van der Waals surface area contributed by atoms with Crippen LogP contribution in [-0.2, 0) is 13.5 Å². The van der Waals surface area contributed by atoms with Crippen LogP contribution >= 0.6 is 11.3 Å². The molecule has 2 atom stereocenters. The van der Waals surface area contributed by atoms with Crippen molar-refractivity contribution in [2.45, 2.75) is 31.2 Å². The Morgan fingerprint density at radius 2 is 2.47 bits per heavy atom. The van der Waals surface area contributed by atoms with E-state index in [0.29, 0.717) is 5.92 Å². The lowest BCUT2D eigenvalue weighted by Gasteiger charge is -2.27. The Morgan fingerprint density at radius 1 is 1.59 bits per heavy atom. The number of thiophene rings is 1. The quantitative estimate of drug-likeness (QED) is 0.886.